The molecule has 1 aliphatic heterocycles. The summed E-state index contributed by atoms with van der Waals surface area (Å²) in [5, 5.41) is 0. The number of urea groups is 1. The van der Waals surface area contributed by atoms with Crippen LogP contribution < -0.4 is 4.90 Å². The Morgan fingerprint density at radius 2 is 1.62 bits per heavy atom. The number of para-hydroxylation sites is 1. The first-order valence-electron chi connectivity index (χ1n) is 7.99. The second-order valence-electron chi connectivity index (χ2n) is 5.93. The number of amides is 3. The minimum Gasteiger partial charge on any atom is -0.282 e. The molecular formula is C18H17BrN2O4S. The van der Waals surface area contributed by atoms with Crippen LogP contribution in [0.4, 0.5) is 10.5 Å². The molecule has 3 amide bonds. The summed E-state index contributed by atoms with van der Waals surface area (Å²) in [6.45, 7) is 1.46. The van der Waals surface area contributed by atoms with E-state index in [9.17, 15) is 18.0 Å². The third kappa shape index (κ3) is 3.52. The van der Waals surface area contributed by atoms with Crippen molar-refractivity contribution >= 4 is 43.4 Å². The first kappa shape index (κ1) is 18.6. The van der Waals surface area contributed by atoms with E-state index in [0.29, 0.717) is 5.69 Å². The van der Waals surface area contributed by atoms with Crippen LogP contribution in [0.25, 0.3) is 0 Å². The Balaban J connectivity index is 1.77. The van der Waals surface area contributed by atoms with E-state index in [4.69, 9.17) is 0 Å². The minimum atomic E-state index is -3.60. The number of benzene rings is 2. The predicted molar refractivity (Wildman–Crippen MR) is 102 cm³/mol. The number of carbonyl (C=O) groups is 2. The van der Waals surface area contributed by atoms with Crippen LogP contribution in [0, 0.1) is 0 Å². The molecular weight excluding hydrogens is 420 g/mol. The fourth-order valence-electron chi connectivity index (χ4n) is 2.83. The van der Waals surface area contributed by atoms with Crippen LogP contribution in [0.1, 0.15) is 6.92 Å². The van der Waals surface area contributed by atoms with E-state index < -0.39 is 27.8 Å². The zero-order valence-corrected chi connectivity index (χ0v) is 16.4. The normalized spacial score (nSPS) is 17.8. The smallest absolute Gasteiger partial charge is 0.282 e. The zero-order chi connectivity index (χ0) is 18.9. The number of carbonyl (C=O) groups excluding carboxylic acids is 2. The summed E-state index contributed by atoms with van der Waals surface area (Å²) in [5.41, 5.74) is 0.608. The van der Waals surface area contributed by atoms with Crippen LogP contribution in [-0.4, -0.2) is 43.6 Å². The highest BCUT2D eigenvalue weighted by Gasteiger charge is 2.43. The highest BCUT2D eigenvalue weighted by molar-refractivity contribution is 9.10. The van der Waals surface area contributed by atoms with Gasteiger partial charge in [0.1, 0.15) is 6.04 Å². The Kier molecular flexibility index (Phi) is 5.15. The molecule has 1 heterocycles. The zero-order valence-electron chi connectivity index (χ0n) is 14.0. The summed E-state index contributed by atoms with van der Waals surface area (Å²) in [7, 11) is -3.60. The molecule has 2 aromatic carbocycles. The second-order valence-corrected chi connectivity index (χ2v) is 8.95. The minimum absolute atomic E-state index is 0.160. The summed E-state index contributed by atoms with van der Waals surface area (Å²) in [6.07, 6.45) is 0. The van der Waals surface area contributed by atoms with Crippen molar-refractivity contribution in [2.24, 2.45) is 0 Å². The van der Waals surface area contributed by atoms with Crippen LogP contribution in [0.2, 0.25) is 0 Å². The monoisotopic (exact) mass is 436 g/mol. The van der Waals surface area contributed by atoms with Crippen molar-refractivity contribution in [1.29, 1.82) is 0 Å². The van der Waals surface area contributed by atoms with Gasteiger partial charge in [-0.2, -0.15) is 0 Å². The molecule has 1 unspecified atom stereocenters. The van der Waals surface area contributed by atoms with Gasteiger partial charge in [0.2, 0.25) is 0 Å². The van der Waals surface area contributed by atoms with Crippen molar-refractivity contribution in [3.05, 3.63) is 59.1 Å². The van der Waals surface area contributed by atoms with Crippen molar-refractivity contribution < 1.29 is 18.0 Å². The van der Waals surface area contributed by atoms with Crippen LogP contribution in [0.3, 0.4) is 0 Å². The summed E-state index contributed by atoms with van der Waals surface area (Å²) in [5.74, 6) is -0.716. The highest BCUT2D eigenvalue weighted by Crippen LogP contribution is 2.25. The maximum Gasteiger partial charge on any atom is 0.332 e. The van der Waals surface area contributed by atoms with Crippen molar-refractivity contribution in [2.45, 2.75) is 17.9 Å². The Labute approximate surface area is 160 Å². The van der Waals surface area contributed by atoms with E-state index in [1.54, 1.807) is 43.3 Å². The lowest BCUT2D eigenvalue weighted by molar-refractivity contribution is -0.126. The first-order valence-corrected chi connectivity index (χ1v) is 10.4. The van der Waals surface area contributed by atoms with Crippen LogP contribution in [0.15, 0.2) is 64.0 Å². The van der Waals surface area contributed by atoms with E-state index in [0.717, 1.165) is 9.37 Å². The molecule has 6 nitrogen and oxygen atoms in total. The van der Waals surface area contributed by atoms with Crippen molar-refractivity contribution in [3.63, 3.8) is 0 Å². The Morgan fingerprint density at radius 3 is 2.23 bits per heavy atom. The lowest BCUT2D eigenvalue weighted by Crippen LogP contribution is -2.36. The maximum absolute atomic E-state index is 12.7. The Hall–Kier alpha value is -2.19. The fraction of sp³-hybridized carbons (Fsp3) is 0.222. The van der Waals surface area contributed by atoms with Gasteiger partial charge in [-0.3, -0.25) is 14.6 Å². The molecule has 1 saturated heterocycles. The number of rotatable bonds is 5. The number of anilines is 1. The van der Waals surface area contributed by atoms with E-state index in [-0.39, 0.29) is 17.2 Å². The van der Waals surface area contributed by atoms with Crippen LogP contribution in [0.5, 0.6) is 0 Å². The summed E-state index contributed by atoms with van der Waals surface area (Å²) in [4.78, 5) is 27.7. The molecule has 8 heteroatoms. The standard InChI is InChI=1S/C18H17BrN2O4S/c1-13-17(22)20(18(23)21(13)15-5-3-2-4-6-15)11-12-26(24,25)16-9-7-14(19)8-10-16/h2-10,13H,11-12H2,1H3. The SMILES string of the molecule is CC1C(=O)N(CCS(=O)(=O)c2ccc(Br)cc2)C(=O)N1c1ccccc1. The highest BCUT2D eigenvalue weighted by atomic mass is 79.9. The number of hydrogen-bond donors (Lipinski definition) is 0. The molecule has 26 heavy (non-hydrogen) atoms. The molecule has 136 valence electrons. The summed E-state index contributed by atoms with van der Waals surface area (Å²) < 4.78 is 25.7. The third-order valence-electron chi connectivity index (χ3n) is 4.24. The van der Waals surface area contributed by atoms with E-state index in [2.05, 4.69) is 15.9 Å². The largest absolute Gasteiger partial charge is 0.332 e. The number of imide groups is 1. The van der Waals surface area contributed by atoms with Gasteiger partial charge in [-0.15, -0.1) is 0 Å². The van der Waals surface area contributed by atoms with Crippen LogP contribution in [-0.2, 0) is 14.6 Å². The van der Waals surface area contributed by atoms with Gasteiger partial charge in [0.25, 0.3) is 5.91 Å². The van der Waals surface area contributed by atoms with Crippen molar-refractivity contribution in [1.82, 2.24) is 4.90 Å². The molecule has 0 N–H and O–H groups in total. The molecule has 0 spiro atoms. The van der Waals surface area contributed by atoms with E-state index >= 15 is 0 Å². The number of hydrogen-bond acceptors (Lipinski definition) is 4. The van der Waals surface area contributed by atoms with E-state index in [1.165, 1.54) is 17.0 Å². The van der Waals surface area contributed by atoms with Crippen molar-refractivity contribution in [3.8, 4) is 0 Å². The average Bonchev–Trinajstić information content (AvgIpc) is 2.83. The molecule has 3 rings (SSSR count). The second kappa shape index (κ2) is 7.20. The molecule has 1 atom stereocenters. The maximum atomic E-state index is 12.7. The summed E-state index contributed by atoms with van der Waals surface area (Å²) >= 11 is 3.26. The topological polar surface area (TPSA) is 74.8 Å². The number of sulfone groups is 1. The molecule has 2 aromatic rings. The molecule has 0 bridgehead atoms. The Morgan fingerprint density at radius 1 is 1.00 bits per heavy atom. The molecule has 1 aliphatic rings. The van der Waals surface area contributed by atoms with Gasteiger partial charge in [0.15, 0.2) is 9.84 Å². The van der Waals surface area contributed by atoms with Gasteiger partial charge in [-0.05, 0) is 43.3 Å². The van der Waals surface area contributed by atoms with Gasteiger partial charge in [-0.25, -0.2) is 13.2 Å². The average molecular weight is 437 g/mol. The summed E-state index contributed by atoms with van der Waals surface area (Å²) in [6, 6.07) is 13.9. The van der Waals surface area contributed by atoms with Gasteiger partial charge in [0.05, 0.1) is 10.6 Å². The van der Waals surface area contributed by atoms with Gasteiger partial charge < -0.3 is 0 Å². The molecule has 0 aliphatic carbocycles. The number of halogens is 1. The van der Waals surface area contributed by atoms with Gasteiger partial charge in [0, 0.05) is 16.7 Å². The van der Waals surface area contributed by atoms with Crippen molar-refractivity contribution in [2.75, 3.05) is 17.2 Å². The number of nitrogens with zero attached hydrogens (tertiary/aromatic N) is 2. The molecule has 1 fully saturated rings. The predicted octanol–water partition coefficient (Wildman–Crippen LogP) is 3.08. The molecule has 0 saturated carbocycles. The lowest BCUT2D eigenvalue weighted by atomic mass is 10.2. The third-order valence-corrected chi connectivity index (χ3v) is 6.48. The first-order chi connectivity index (χ1) is 12.3. The quantitative estimate of drug-likeness (QED) is 0.674. The van der Waals surface area contributed by atoms with Gasteiger partial charge in [-0.1, -0.05) is 34.1 Å². The molecule has 0 aromatic heterocycles. The lowest BCUT2D eigenvalue weighted by Gasteiger charge is -2.19. The Bertz CT molecular complexity index is 929. The van der Waals surface area contributed by atoms with Gasteiger partial charge >= 0.3 is 6.03 Å². The molecule has 0 radical (unpaired) electrons. The van der Waals surface area contributed by atoms with E-state index in [1.807, 2.05) is 6.07 Å². The fourth-order valence-corrected chi connectivity index (χ4v) is 4.30. The van der Waals surface area contributed by atoms with Crippen LogP contribution >= 0.6 is 15.9 Å².